The minimum atomic E-state index is -4.05. The first-order valence-electron chi connectivity index (χ1n) is 15.9. The van der Waals surface area contributed by atoms with Gasteiger partial charge in [0.05, 0.1) is 32.8 Å². The molecular weight excluding hydrogens is 485 g/mol. The molecule has 0 radical (unpaired) electrons. The largest absolute Gasteiger partial charge is 0.472 e. The molecule has 1 heterocycles. The van der Waals surface area contributed by atoms with Gasteiger partial charge in [-0.05, 0) is 19.3 Å². The third-order valence-electron chi connectivity index (χ3n) is 7.76. The number of unbranched alkanes of at least 4 members (excludes halogenated alkanes) is 15. The second-order valence-electron chi connectivity index (χ2n) is 11.5. The SMILES string of the molecule is CCCCCCCCCCCCCCCCCCC(COP(=O)(O)OCCC[NH+]1CCCC1)CC(C)=O. The van der Waals surface area contributed by atoms with Gasteiger partial charge in [0.2, 0.25) is 0 Å². The fourth-order valence-electron chi connectivity index (χ4n) is 5.50. The van der Waals surface area contributed by atoms with Crippen LogP contribution in [0.1, 0.15) is 149 Å². The maximum Gasteiger partial charge on any atom is 0.472 e. The highest BCUT2D eigenvalue weighted by Gasteiger charge is 2.24. The van der Waals surface area contributed by atoms with Crippen LogP contribution in [-0.2, 0) is 18.4 Å². The first kappa shape index (κ1) is 34.8. The summed E-state index contributed by atoms with van der Waals surface area (Å²) in [5.41, 5.74) is 0. The van der Waals surface area contributed by atoms with Crippen molar-refractivity contribution in [1.29, 1.82) is 0 Å². The van der Waals surface area contributed by atoms with Crippen LogP contribution in [0.2, 0.25) is 0 Å². The Bertz CT molecular complexity index is 582. The van der Waals surface area contributed by atoms with E-state index in [0.29, 0.717) is 6.42 Å². The van der Waals surface area contributed by atoms with Crippen LogP contribution in [-0.4, -0.2) is 43.5 Å². The molecule has 2 N–H and O–H groups in total. The summed E-state index contributed by atoms with van der Waals surface area (Å²) in [4.78, 5) is 23.2. The average Bonchev–Trinajstić information content (AvgIpc) is 3.38. The molecular formula is C30H61NO5P+. The topological polar surface area (TPSA) is 77.3 Å². The van der Waals surface area contributed by atoms with Gasteiger partial charge in [0.15, 0.2) is 0 Å². The lowest BCUT2D eigenvalue weighted by Crippen LogP contribution is -3.10. The summed E-state index contributed by atoms with van der Waals surface area (Å²) in [5.74, 6) is 0.0923. The molecule has 1 aliphatic heterocycles. The number of Topliss-reactive ketones (excluding diaryl/α,β-unsaturated/α-hetero) is 1. The van der Waals surface area contributed by atoms with Crippen molar-refractivity contribution in [2.45, 2.75) is 149 Å². The minimum absolute atomic E-state index is 0.0118. The highest BCUT2D eigenvalue weighted by Crippen LogP contribution is 2.44. The highest BCUT2D eigenvalue weighted by molar-refractivity contribution is 7.47. The van der Waals surface area contributed by atoms with Crippen molar-refractivity contribution in [3.8, 4) is 0 Å². The molecule has 0 bridgehead atoms. The first-order valence-corrected chi connectivity index (χ1v) is 17.4. The van der Waals surface area contributed by atoms with Crippen molar-refractivity contribution in [3.05, 3.63) is 0 Å². The van der Waals surface area contributed by atoms with Crippen LogP contribution in [0.15, 0.2) is 0 Å². The lowest BCUT2D eigenvalue weighted by molar-refractivity contribution is -0.887. The van der Waals surface area contributed by atoms with E-state index in [1.165, 1.54) is 116 Å². The number of hydrogen-bond donors (Lipinski definition) is 2. The van der Waals surface area contributed by atoms with Crippen LogP contribution in [0.25, 0.3) is 0 Å². The van der Waals surface area contributed by atoms with Crippen LogP contribution >= 0.6 is 7.82 Å². The molecule has 1 fully saturated rings. The molecule has 2 unspecified atom stereocenters. The number of quaternary nitrogens is 1. The highest BCUT2D eigenvalue weighted by atomic mass is 31.2. The first-order chi connectivity index (χ1) is 17.9. The molecule has 7 heteroatoms. The van der Waals surface area contributed by atoms with Gasteiger partial charge >= 0.3 is 7.82 Å². The van der Waals surface area contributed by atoms with Gasteiger partial charge in [0.25, 0.3) is 0 Å². The van der Waals surface area contributed by atoms with E-state index in [1.807, 2.05) is 0 Å². The smallest absolute Gasteiger partial charge is 0.335 e. The van der Waals surface area contributed by atoms with E-state index in [4.69, 9.17) is 9.05 Å². The number of phosphoric acid groups is 1. The fraction of sp³-hybridized carbons (Fsp3) is 0.967. The third kappa shape index (κ3) is 22.3. The number of likely N-dealkylation sites (tertiary alicyclic amines) is 1. The zero-order valence-electron chi connectivity index (χ0n) is 24.5. The number of ketones is 1. The second kappa shape index (κ2) is 23.6. The van der Waals surface area contributed by atoms with Crippen molar-refractivity contribution in [1.82, 2.24) is 0 Å². The van der Waals surface area contributed by atoms with Gasteiger partial charge in [0, 0.05) is 25.7 Å². The maximum atomic E-state index is 12.2. The van der Waals surface area contributed by atoms with Crippen molar-refractivity contribution < 1.29 is 28.2 Å². The van der Waals surface area contributed by atoms with E-state index in [1.54, 1.807) is 11.8 Å². The Labute approximate surface area is 229 Å². The van der Waals surface area contributed by atoms with E-state index in [-0.39, 0.29) is 24.9 Å². The summed E-state index contributed by atoms with van der Waals surface area (Å²) in [6, 6.07) is 0. The van der Waals surface area contributed by atoms with Crippen LogP contribution in [0, 0.1) is 5.92 Å². The van der Waals surface area contributed by atoms with Crippen molar-refractivity contribution >= 4 is 13.6 Å². The van der Waals surface area contributed by atoms with Gasteiger partial charge in [-0.1, -0.05) is 110 Å². The molecule has 220 valence electrons. The molecule has 0 amide bonds. The number of carbonyl (C=O) groups excluding carboxylic acids is 1. The Kier molecular flexibility index (Phi) is 22.2. The van der Waals surface area contributed by atoms with E-state index < -0.39 is 7.82 Å². The van der Waals surface area contributed by atoms with E-state index in [0.717, 1.165) is 32.2 Å². The Morgan fingerprint density at radius 3 is 1.76 bits per heavy atom. The zero-order chi connectivity index (χ0) is 27.0. The minimum Gasteiger partial charge on any atom is -0.335 e. The molecule has 6 nitrogen and oxygen atoms in total. The molecule has 0 spiro atoms. The molecule has 0 aromatic heterocycles. The predicted octanol–water partition coefficient (Wildman–Crippen LogP) is 7.44. The summed E-state index contributed by atoms with van der Waals surface area (Å²) in [6.45, 7) is 7.58. The number of hydrogen-bond acceptors (Lipinski definition) is 4. The summed E-state index contributed by atoms with van der Waals surface area (Å²) in [7, 11) is -4.05. The van der Waals surface area contributed by atoms with E-state index >= 15 is 0 Å². The van der Waals surface area contributed by atoms with Crippen molar-refractivity contribution in [3.63, 3.8) is 0 Å². The number of nitrogens with one attached hydrogen (secondary N) is 1. The molecule has 0 aliphatic carbocycles. The summed E-state index contributed by atoms with van der Waals surface area (Å²) in [6.07, 6.45) is 25.9. The Hall–Kier alpha value is -0.260. The molecule has 1 rings (SSSR count). The molecule has 37 heavy (non-hydrogen) atoms. The Morgan fingerprint density at radius 1 is 0.784 bits per heavy atom. The summed E-state index contributed by atoms with van der Waals surface area (Å²) >= 11 is 0. The van der Waals surface area contributed by atoms with E-state index in [9.17, 15) is 14.3 Å². The van der Waals surface area contributed by atoms with Gasteiger partial charge in [-0.15, -0.1) is 0 Å². The van der Waals surface area contributed by atoms with Crippen LogP contribution in [0.5, 0.6) is 0 Å². The molecule has 0 aromatic rings. The van der Waals surface area contributed by atoms with Gasteiger partial charge < -0.3 is 14.6 Å². The van der Waals surface area contributed by atoms with Gasteiger partial charge in [-0.3, -0.25) is 9.05 Å². The van der Waals surface area contributed by atoms with Crippen LogP contribution in [0.3, 0.4) is 0 Å². The Morgan fingerprint density at radius 2 is 1.27 bits per heavy atom. The summed E-state index contributed by atoms with van der Waals surface area (Å²) in [5, 5.41) is 0. The van der Waals surface area contributed by atoms with Crippen molar-refractivity contribution in [2.24, 2.45) is 5.92 Å². The van der Waals surface area contributed by atoms with Gasteiger partial charge in [-0.25, -0.2) is 4.57 Å². The lowest BCUT2D eigenvalue weighted by atomic mass is 9.96. The van der Waals surface area contributed by atoms with Crippen LogP contribution < -0.4 is 4.90 Å². The van der Waals surface area contributed by atoms with Crippen molar-refractivity contribution in [2.75, 3.05) is 32.8 Å². The fourth-order valence-corrected chi connectivity index (χ4v) is 6.33. The average molecular weight is 547 g/mol. The predicted molar refractivity (Wildman–Crippen MR) is 154 cm³/mol. The molecule has 1 aliphatic rings. The van der Waals surface area contributed by atoms with E-state index in [2.05, 4.69) is 6.92 Å². The Balaban J connectivity index is 2.00. The summed E-state index contributed by atoms with van der Waals surface area (Å²) < 4.78 is 22.7. The molecule has 2 atom stereocenters. The molecule has 0 aromatic carbocycles. The number of rotatable bonds is 27. The van der Waals surface area contributed by atoms with Gasteiger partial charge in [-0.2, -0.15) is 0 Å². The number of phosphoric ester groups is 1. The lowest BCUT2D eigenvalue weighted by Gasteiger charge is -2.18. The third-order valence-corrected chi connectivity index (χ3v) is 8.74. The standard InChI is InChI=1S/C30H60NO5P/c1-3-4-5-6-7-8-9-10-11-12-13-14-15-16-17-18-22-30(27-29(2)32)28-36-37(33,34)35-26-21-25-31-23-19-20-24-31/h30H,3-28H2,1-2H3,(H,33,34)/p+1. The van der Waals surface area contributed by atoms with Crippen LogP contribution in [0.4, 0.5) is 0 Å². The monoisotopic (exact) mass is 546 g/mol. The normalized spacial score (nSPS) is 16.7. The van der Waals surface area contributed by atoms with Gasteiger partial charge in [0.1, 0.15) is 5.78 Å². The second-order valence-corrected chi connectivity index (χ2v) is 13.0. The maximum absolute atomic E-state index is 12.2. The number of carbonyl (C=O) groups is 1. The zero-order valence-corrected chi connectivity index (χ0v) is 25.4. The molecule has 1 saturated heterocycles. The molecule has 0 saturated carbocycles. The quantitative estimate of drug-likeness (QED) is 0.0827.